The molecule has 0 heterocycles. The summed E-state index contributed by atoms with van der Waals surface area (Å²) >= 11 is 0. The molecule has 1 rings (SSSR count). The first kappa shape index (κ1) is 16.4. The van der Waals surface area contributed by atoms with Crippen molar-refractivity contribution in [2.75, 3.05) is 0 Å². The lowest BCUT2D eigenvalue weighted by atomic mass is 10.1. The molecule has 0 amide bonds. The first-order valence-corrected chi connectivity index (χ1v) is 6.92. The monoisotopic (exact) mass is 280 g/mol. The fraction of sp³-hybridized carbons (Fsp3) is 0.600. The normalized spacial score (nSPS) is 13.1. The SMILES string of the molecule is CCC(C)Oc1ccc(CNC(C)(C)C)cc1[N+](=O)[O-]. The van der Waals surface area contributed by atoms with Gasteiger partial charge in [-0.05, 0) is 45.7 Å². The van der Waals surface area contributed by atoms with Crippen molar-refractivity contribution in [2.45, 2.75) is 59.2 Å². The Morgan fingerprint density at radius 3 is 2.55 bits per heavy atom. The van der Waals surface area contributed by atoms with Crippen LogP contribution >= 0.6 is 0 Å². The number of nitro benzene ring substituents is 1. The predicted molar refractivity (Wildman–Crippen MR) is 80.1 cm³/mol. The number of ether oxygens (including phenoxy) is 1. The number of nitrogens with zero attached hydrogens (tertiary/aromatic N) is 1. The first-order chi connectivity index (χ1) is 9.23. The van der Waals surface area contributed by atoms with Crippen molar-refractivity contribution in [1.82, 2.24) is 5.32 Å². The second-order valence-electron chi connectivity index (χ2n) is 6.00. The van der Waals surface area contributed by atoms with Crippen LogP contribution in [0.4, 0.5) is 5.69 Å². The van der Waals surface area contributed by atoms with Crippen LogP contribution in [-0.2, 0) is 6.54 Å². The Labute approximate surface area is 120 Å². The standard InChI is InChI=1S/C15H24N2O3/c1-6-11(2)20-14-8-7-12(9-13(14)17(18)19)10-16-15(3,4)5/h7-9,11,16H,6,10H2,1-5H3. The van der Waals surface area contributed by atoms with Crippen LogP contribution in [0.5, 0.6) is 5.75 Å². The van der Waals surface area contributed by atoms with Gasteiger partial charge in [-0.3, -0.25) is 10.1 Å². The summed E-state index contributed by atoms with van der Waals surface area (Å²) in [6.07, 6.45) is 0.775. The van der Waals surface area contributed by atoms with E-state index in [4.69, 9.17) is 4.74 Å². The Balaban J connectivity index is 2.92. The zero-order valence-electron chi connectivity index (χ0n) is 12.9. The van der Waals surface area contributed by atoms with E-state index in [1.165, 1.54) is 0 Å². The smallest absolute Gasteiger partial charge is 0.311 e. The van der Waals surface area contributed by atoms with Gasteiger partial charge in [0.05, 0.1) is 11.0 Å². The minimum Gasteiger partial charge on any atom is -0.484 e. The molecule has 0 aromatic heterocycles. The Bertz CT molecular complexity index is 467. The summed E-state index contributed by atoms with van der Waals surface area (Å²) in [5, 5.41) is 14.5. The lowest BCUT2D eigenvalue weighted by Gasteiger charge is -2.20. The molecule has 0 bridgehead atoms. The Morgan fingerprint density at radius 1 is 1.40 bits per heavy atom. The molecule has 5 nitrogen and oxygen atoms in total. The summed E-state index contributed by atoms with van der Waals surface area (Å²) in [5.74, 6) is 0.337. The number of hydrogen-bond acceptors (Lipinski definition) is 4. The summed E-state index contributed by atoms with van der Waals surface area (Å²) in [7, 11) is 0. The lowest BCUT2D eigenvalue weighted by molar-refractivity contribution is -0.386. The van der Waals surface area contributed by atoms with E-state index >= 15 is 0 Å². The second kappa shape index (κ2) is 6.70. The van der Waals surface area contributed by atoms with Crippen LogP contribution in [0.3, 0.4) is 0 Å². The van der Waals surface area contributed by atoms with E-state index in [-0.39, 0.29) is 17.3 Å². The third kappa shape index (κ3) is 5.17. The highest BCUT2D eigenvalue weighted by atomic mass is 16.6. The van der Waals surface area contributed by atoms with Crippen LogP contribution < -0.4 is 10.1 Å². The van der Waals surface area contributed by atoms with Crippen molar-refractivity contribution in [3.05, 3.63) is 33.9 Å². The highest BCUT2D eigenvalue weighted by molar-refractivity contribution is 5.48. The van der Waals surface area contributed by atoms with Crippen LogP contribution in [0.15, 0.2) is 18.2 Å². The topological polar surface area (TPSA) is 64.4 Å². The van der Waals surface area contributed by atoms with Crippen molar-refractivity contribution in [3.8, 4) is 5.75 Å². The third-order valence-corrected chi connectivity index (χ3v) is 2.95. The molecule has 5 heteroatoms. The van der Waals surface area contributed by atoms with Crippen molar-refractivity contribution in [3.63, 3.8) is 0 Å². The number of nitro groups is 1. The molecule has 1 atom stereocenters. The van der Waals surface area contributed by atoms with Crippen LogP contribution in [-0.4, -0.2) is 16.6 Å². The van der Waals surface area contributed by atoms with E-state index in [9.17, 15) is 10.1 Å². The summed E-state index contributed by atoms with van der Waals surface area (Å²) in [6.45, 7) is 10.6. The Morgan fingerprint density at radius 2 is 2.05 bits per heavy atom. The van der Waals surface area contributed by atoms with Crippen molar-refractivity contribution in [1.29, 1.82) is 0 Å². The fourth-order valence-corrected chi connectivity index (χ4v) is 1.58. The van der Waals surface area contributed by atoms with Crippen LogP contribution in [0.25, 0.3) is 0 Å². The van der Waals surface area contributed by atoms with Gasteiger partial charge < -0.3 is 10.1 Å². The van der Waals surface area contributed by atoms with Crippen LogP contribution in [0, 0.1) is 10.1 Å². The zero-order chi connectivity index (χ0) is 15.3. The highest BCUT2D eigenvalue weighted by Gasteiger charge is 2.18. The molecule has 0 aliphatic rings. The van der Waals surface area contributed by atoms with Gasteiger partial charge in [0.2, 0.25) is 0 Å². The molecule has 0 aliphatic carbocycles. The van der Waals surface area contributed by atoms with Crippen LogP contribution in [0.2, 0.25) is 0 Å². The van der Waals surface area contributed by atoms with E-state index < -0.39 is 4.92 Å². The van der Waals surface area contributed by atoms with E-state index in [0.29, 0.717) is 12.3 Å². The molecule has 0 fully saturated rings. The molecule has 0 saturated carbocycles. The van der Waals surface area contributed by atoms with Gasteiger partial charge in [-0.25, -0.2) is 0 Å². The van der Waals surface area contributed by atoms with Gasteiger partial charge in [-0.15, -0.1) is 0 Å². The number of hydrogen-bond donors (Lipinski definition) is 1. The predicted octanol–water partition coefficient (Wildman–Crippen LogP) is 3.66. The van der Waals surface area contributed by atoms with E-state index in [2.05, 4.69) is 26.1 Å². The van der Waals surface area contributed by atoms with Gasteiger partial charge in [0, 0.05) is 18.2 Å². The van der Waals surface area contributed by atoms with Gasteiger partial charge in [-0.1, -0.05) is 13.0 Å². The summed E-state index contributed by atoms with van der Waals surface area (Å²) < 4.78 is 5.59. The van der Waals surface area contributed by atoms with Gasteiger partial charge in [-0.2, -0.15) is 0 Å². The van der Waals surface area contributed by atoms with Crippen LogP contribution in [0.1, 0.15) is 46.6 Å². The molecule has 1 aromatic carbocycles. The number of benzene rings is 1. The van der Waals surface area contributed by atoms with Gasteiger partial charge in [0.1, 0.15) is 0 Å². The van der Waals surface area contributed by atoms with E-state index in [1.54, 1.807) is 12.1 Å². The average Bonchev–Trinajstić information content (AvgIpc) is 2.36. The summed E-state index contributed by atoms with van der Waals surface area (Å²) in [6, 6.07) is 5.13. The van der Waals surface area contributed by atoms with Crippen molar-refractivity contribution >= 4 is 5.69 Å². The Kier molecular flexibility index (Phi) is 5.51. The van der Waals surface area contributed by atoms with E-state index in [0.717, 1.165) is 12.0 Å². The molecule has 0 radical (unpaired) electrons. The maximum absolute atomic E-state index is 11.2. The first-order valence-electron chi connectivity index (χ1n) is 6.92. The molecule has 1 aromatic rings. The number of nitrogens with one attached hydrogen (secondary N) is 1. The highest BCUT2D eigenvalue weighted by Crippen LogP contribution is 2.29. The molecule has 0 saturated heterocycles. The molecular weight excluding hydrogens is 256 g/mol. The molecule has 0 spiro atoms. The lowest BCUT2D eigenvalue weighted by Crippen LogP contribution is -2.35. The third-order valence-electron chi connectivity index (χ3n) is 2.95. The second-order valence-corrected chi connectivity index (χ2v) is 6.00. The van der Waals surface area contributed by atoms with E-state index in [1.807, 2.05) is 19.9 Å². The minimum absolute atomic E-state index is 0.0264. The maximum atomic E-state index is 11.2. The quantitative estimate of drug-likeness (QED) is 0.638. The van der Waals surface area contributed by atoms with Gasteiger partial charge in [0.15, 0.2) is 5.75 Å². The number of rotatable bonds is 6. The minimum atomic E-state index is -0.391. The molecule has 0 aliphatic heterocycles. The summed E-state index contributed by atoms with van der Waals surface area (Å²) in [5.41, 5.74) is 0.877. The Hall–Kier alpha value is -1.62. The molecule has 20 heavy (non-hydrogen) atoms. The molecule has 112 valence electrons. The average molecular weight is 280 g/mol. The maximum Gasteiger partial charge on any atom is 0.311 e. The van der Waals surface area contributed by atoms with Crippen molar-refractivity contribution in [2.24, 2.45) is 0 Å². The molecule has 1 N–H and O–H groups in total. The molecular formula is C15H24N2O3. The summed E-state index contributed by atoms with van der Waals surface area (Å²) in [4.78, 5) is 10.8. The van der Waals surface area contributed by atoms with Gasteiger partial charge in [0.25, 0.3) is 0 Å². The van der Waals surface area contributed by atoms with Gasteiger partial charge >= 0.3 is 5.69 Å². The van der Waals surface area contributed by atoms with Crippen molar-refractivity contribution < 1.29 is 9.66 Å². The fourth-order valence-electron chi connectivity index (χ4n) is 1.58. The largest absolute Gasteiger partial charge is 0.484 e. The zero-order valence-corrected chi connectivity index (χ0v) is 12.9. The molecule has 1 unspecified atom stereocenters.